The number of carbonyl (C=O) groups is 2. The van der Waals surface area contributed by atoms with Crippen LogP contribution in [0.15, 0.2) is 114 Å². The summed E-state index contributed by atoms with van der Waals surface area (Å²) >= 11 is 0. The molecule has 0 spiro atoms. The molecular weight excluding hydrogens is 553 g/mol. The summed E-state index contributed by atoms with van der Waals surface area (Å²) < 4.78 is 43.7. The third-order valence-corrected chi connectivity index (χ3v) is 8.60. The summed E-state index contributed by atoms with van der Waals surface area (Å²) in [5, 5.41) is 2.82. The lowest BCUT2D eigenvalue weighted by Crippen LogP contribution is -2.53. The zero-order valence-electron chi connectivity index (χ0n) is 23.6. The van der Waals surface area contributed by atoms with E-state index < -0.39 is 34.3 Å². The molecule has 0 aliphatic heterocycles. The summed E-state index contributed by atoms with van der Waals surface area (Å²) in [5.74, 6) is -1.81. The Morgan fingerprint density at radius 2 is 1.38 bits per heavy atom. The minimum Gasteiger partial charge on any atom is -0.355 e. The molecule has 4 aromatic carbocycles. The minimum absolute atomic E-state index is 0.0456. The smallest absolute Gasteiger partial charge is 0.264 e. The van der Waals surface area contributed by atoms with Crippen molar-refractivity contribution in [3.8, 4) is 0 Å². The van der Waals surface area contributed by atoms with Gasteiger partial charge in [0.25, 0.3) is 10.0 Å². The minimum atomic E-state index is -4.36. The molecule has 7 nitrogen and oxygen atoms in total. The van der Waals surface area contributed by atoms with Gasteiger partial charge in [-0.25, -0.2) is 12.8 Å². The molecule has 4 rings (SSSR count). The van der Waals surface area contributed by atoms with E-state index in [0.29, 0.717) is 6.54 Å². The summed E-state index contributed by atoms with van der Waals surface area (Å²) in [4.78, 5) is 29.0. The number of amides is 2. The Morgan fingerprint density at radius 3 is 1.98 bits per heavy atom. The van der Waals surface area contributed by atoms with Crippen LogP contribution in [0.25, 0.3) is 0 Å². The number of hydrogen-bond donors (Lipinski definition) is 1. The van der Waals surface area contributed by atoms with Crippen molar-refractivity contribution < 1.29 is 22.4 Å². The molecule has 4 aromatic rings. The van der Waals surface area contributed by atoms with Gasteiger partial charge in [-0.2, -0.15) is 0 Å². The topological polar surface area (TPSA) is 86.8 Å². The molecule has 2 amide bonds. The van der Waals surface area contributed by atoms with Gasteiger partial charge in [0.2, 0.25) is 11.8 Å². The number of sulfonamides is 1. The molecule has 0 saturated heterocycles. The zero-order valence-corrected chi connectivity index (χ0v) is 24.4. The Morgan fingerprint density at radius 1 is 0.810 bits per heavy atom. The van der Waals surface area contributed by atoms with Crippen molar-refractivity contribution >= 4 is 27.5 Å². The molecule has 218 valence electrons. The fourth-order valence-electron chi connectivity index (χ4n) is 4.63. The molecule has 1 atom stereocenters. The van der Waals surface area contributed by atoms with Crippen LogP contribution < -0.4 is 9.62 Å². The van der Waals surface area contributed by atoms with Crippen molar-refractivity contribution in [1.82, 2.24) is 10.2 Å². The fraction of sp³-hybridized carbons (Fsp3) is 0.212. The Labute approximate surface area is 246 Å². The lowest BCUT2D eigenvalue weighted by molar-refractivity contribution is -0.140. The van der Waals surface area contributed by atoms with E-state index in [1.165, 1.54) is 35.2 Å². The predicted octanol–water partition coefficient (Wildman–Crippen LogP) is 5.11. The standard InChI is InChI=1S/C33H34FN3O4S/c1-3-35-33(39)31(22-26-12-6-4-7-13-26)36(23-27-14-8-5-9-15-27)32(38)24-37(30-17-11-10-16-29(30)34)42(40,41)28-20-18-25(2)19-21-28/h4-21,31H,3,22-24H2,1-2H3,(H,35,39)/t31-/m1/s1. The molecular formula is C33H34FN3O4S. The van der Waals surface area contributed by atoms with Crippen LogP contribution >= 0.6 is 0 Å². The van der Waals surface area contributed by atoms with Crippen LogP contribution in [-0.2, 0) is 32.6 Å². The van der Waals surface area contributed by atoms with Gasteiger partial charge in [-0.05, 0) is 49.2 Å². The monoisotopic (exact) mass is 587 g/mol. The van der Waals surface area contributed by atoms with E-state index in [-0.39, 0.29) is 29.5 Å². The molecule has 0 radical (unpaired) electrons. The van der Waals surface area contributed by atoms with Gasteiger partial charge in [-0.1, -0.05) is 90.5 Å². The number of aryl methyl sites for hydroxylation is 1. The zero-order chi connectivity index (χ0) is 30.1. The highest BCUT2D eigenvalue weighted by molar-refractivity contribution is 7.92. The van der Waals surface area contributed by atoms with E-state index in [0.717, 1.165) is 27.1 Å². The van der Waals surface area contributed by atoms with Crippen molar-refractivity contribution in [2.24, 2.45) is 0 Å². The second-order valence-electron chi connectivity index (χ2n) is 9.88. The molecule has 0 aliphatic carbocycles. The largest absolute Gasteiger partial charge is 0.355 e. The first kappa shape index (κ1) is 30.5. The quantitative estimate of drug-likeness (QED) is 0.250. The van der Waals surface area contributed by atoms with E-state index in [1.54, 1.807) is 19.1 Å². The number of para-hydroxylation sites is 1. The molecule has 0 fully saturated rings. The van der Waals surface area contributed by atoms with Crippen molar-refractivity contribution in [1.29, 1.82) is 0 Å². The first-order valence-corrected chi connectivity index (χ1v) is 15.1. The molecule has 0 heterocycles. The maximum Gasteiger partial charge on any atom is 0.264 e. The van der Waals surface area contributed by atoms with Gasteiger partial charge >= 0.3 is 0 Å². The highest BCUT2D eigenvalue weighted by Crippen LogP contribution is 2.27. The van der Waals surface area contributed by atoms with Gasteiger partial charge in [0.05, 0.1) is 10.6 Å². The summed E-state index contributed by atoms with van der Waals surface area (Å²) in [6.45, 7) is 3.29. The van der Waals surface area contributed by atoms with Crippen LogP contribution in [-0.4, -0.2) is 44.3 Å². The number of likely N-dealkylation sites (N-methyl/N-ethyl adjacent to an activating group) is 1. The summed E-state index contributed by atoms with van der Waals surface area (Å²) in [6.07, 6.45) is 0.204. The third-order valence-electron chi connectivity index (χ3n) is 6.83. The second-order valence-corrected chi connectivity index (χ2v) is 11.7. The van der Waals surface area contributed by atoms with Crippen LogP contribution in [0.1, 0.15) is 23.6 Å². The Hall–Kier alpha value is -4.50. The maximum atomic E-state index is 15.1. The molecule has 9 heteroatoms. The van der Waals surface area contributed by atoms with Crippen LogP contribution in [0.3, 0.4) is 0 Å². The van der Waals surface area contributed by atoms with Crippen molar-refractivity contribution in [2.45, 2.75) is 37.8 Å². The Balaban J connectivity index is 1.79. The number of nitrogens with zero attached hydrogens (tertiary/aromatic N) is 2. The average Bonchev–Trinajstić information content (AvgIpc) is 2.99. The molecule has 1 N–H and O–H groups in total. The van der Waals surface area contributed by atoms with Gasteiger partial charge in [0, 0.05) is 19.5 Å². The number of rotatable bonds is 12. The summed E-state index contributed by atoms with van der Waals surface area (Å²) in [5.41, 5.74) is 2.18. The normalized spacial score (nSPS) is 11.9. The van der Waals surface area contributed by atoms with Crippen LogP contribution in [0.4, 0.5) is 10.1 Å². The summed E-state index contributed by atoms with van der Waals surface area (Å²) in [6, 6.07) is 29.0. The number of halogens is 1. The third kappa shape index (κ3) is 7.41. The number of hydrogen-bond acceptors (Lipinski definition) is 4. The molecule has 0 aliphatic rings. The predicted molar refractivity (Wildman–Crippen MR) is 162 cm³/mol. The van der Waals surface area contributed by atoms with Crippen LogP contribution in [0, 0.1) is 12.7 Å². The van der Waals surface area contributed by atoms with Gasteiger partial charge < -0.3 is 10.2 Å². The number of anilines is 1. The second kappa shape index (κ2) is 13.9. The molecule has 0 aromatic heterocycles. The molecule has 42 heavy (non-hydrogen) atoms. The van der Waals surface area contributed by atoms with Crippen molar-refractivity contribution in [3.05, 3.63) is 132 Å². The van der Waals surface area contributed by atoms with Crippen LogP contribution in [0.2, 0.25) is 0 Å². The number of nitrogens with one attached hydrogen (secondary N) is 1. The fourth-order valence-corrected chi connectivity index (χ4v) is 6.05. The van der Waals surface area contributed by atoms with Crippen molar-refractivity contribution in [2.75, 3.05) is 17.4 Å². The molecule has 0 unspecified atom stereocenters. The van der Waals surface area contributed by atoms with E-state index in [2.05, 4.69) is 5.32 Å². The van der Waals surface area contributed by atoms with Crippen molar-refractivity contribution in [3.63, 3.8) is 0 Å². The molecule has 0 bridgehead atoms. The van der Waals surface area contributed by atoms with Gasteiger partial charge in [0.15, 0.2) is 0 Å². The SMILES string of the molecule is CCNC(=O)[C@@H](Cc1ccccc1)N(Cc1ccccc1)C(=O)CN(c1ccccc1F)S(=O)(=O)c1ccc(C)cc1. The van der Waals surface area contributed by atoms with E-state index in [4.69, 9.17) is 0 Å². The van der Waals surface area contributed by atoms with E-state index in [9.17, 15) is 18.0 Å². The molecule has 0 saturated carbocycles. The first-order valence-electron chi connectivity index (χ1n) is 13.7. The highest BCUT2D eigenvalue weighted by Gasteiger charge is 2.35. The average molecular weight is 588 g/mol. The van der Waals surface area contributed by atoms with Gasteiger partial charge in [-0.15, -0.1) is 0 Å². The number of benzene rings is 4. The highest BCUT2D eigenvalue weighted by atomic mass is 32.2. The lowest BCUT2D eigenvalue weighted by atomic mass is 10.0. The van der Waals surface area contributed by atoms with Gasteiger partial charge in [-0.3, -0.25) is 13.9 Å². The summed E-state index contributed by atoms with van der Waals surface area (Å²) in [7, 11) is -4.36. The lowest BCUT2D eigenvalue weighted by Gasteiger charge is -2.33. The Bertz CT molecular complexity index is 1600. The maximum absolute atomic E-state index is 15.1. The van der Waals surface area contributed by atoms with E-state index in [1.807, 2.05) is 67.6 Å². The van der Waals surface area contributed by atoms with Gasteiger partial charge in [0.1, 0.15) is 18.4 Å². The van der Waals surface area contributed by atoms with E-state index >= 15 is 4.39 Å². The Kier molecular flexibility index (Phi) is 10.1. The number of carbonyl (C=O) groups excluding carboxylic acids is 2. The first-order chi connectivity index (χ1) is 20.2. The van der Waals surface area contributed by atoms with Crippen LogP contribution in [0.5, 0.6) is 0 Å².